The van der Waals surface area contributed by atoms with E-state index in [2.05, 4.69) is 255 Å². The normalized spacial score (nSPS) is 15.6. The first-order valence-electron chi connectivity index (χ1n) is 25.3. The Labute approximate surface area is 413 Å². The molecule has 334 valence electrons. The van der Waals surface area contributed by atoms with Crippen molar-refractivity contribution in [3.05, 3.63) is 262 Å². The molecule has 2 aromatic heterocycles. The van der Waals surface area contributed by atoms with Crippen LogP contribution in [0.2, 0.25) is 0 Å². The number of benzene rings is 10. The van der Waals surface area contributed by atoms with E-state index < -0.39 is 5.41 Å². The highest BCUT2D eigenvalue weighted by atomic mass is 15.0. The van der Waals surface area contributed by atoms with Gasteiger partial charge in [0.25, 0.3) is 0 Å². The van der Waals surface area contributed by atoms with Gasteiger partial charge in [0.1, 0.15) is 0 Å². The standard InChI is InChI=1S/C69H48N2/c1-67(2)55-23-11-5-19-47(55)51-37-53-49-21-9-15-27-63(49)70(65(53)39-61(51)67)43-33-31-41-29-30-42-32-34-44(36-60(42)69(59(41)35-43)57-25-13-7-17-45(57)46-18-8-14-26-58(46)69)71-64-28-16-10-22-50(64)54-38-52-48-20-6-12-24-56(48)68(3,4)62(52)40-66(54)71/h5-40H,1-4H3. The molecule has 0 radical (unpaired) electrons. The van der Waals surface area contributed by atoms with Gasteiger partial charge in [0.2, 0.25) is 0 Å². The molecule has 0 aliphatic heterocycles. The van der Waals surface area contributed by atoms with Gasteiger partial charge in [0, 0.05) is 43.7 Å². The second-order valence-corrected chi connectivity index (χ2v) is 21.6. The first-order chi connectivity index (χ1) is 34.7. The molecule has 0 unspecified atom stereocenters. The number of aromatic nitrogens is 2. The monoisotopic (exact) mass is 904 g/mol. The fourth-order valence-electron chi connectivity index (χ4n) is 14.3. The molecule has 2 heterocycles. The van der Waals surface area contributed by atoms with Gasteiger partial charge in [-0.05, 0) is 150 Å². The van der Waals surface area contributed by atoms with Crippen molar-refractivity contribution in [3.8, 4) is 44.8 Å². The van der Waals surface area contributed by atoms with Gasteiger partial charge in [-0.25, -0.2) is 0 Å². The van der Waals surface area contributed by atoms with Crippen molar-refractivity contribution >= 4 is 55.8 Å². The summed E-state index contributed by atoms with van der Waals surface area (Å²) in [6, 6.07) is 79.0. The van der Waals surface area contributed by atoms with Crippen LogP contribution in [0.5, 0.6) is 0 Å². The summed E-state index contributed by atoms with van der Waals surface area (Å²) in [5.41, 5.74) is 27.6. The van der Waals surface area contributed by atoms with Gasteiger partial charge in [0.05, 0.1) is 27.5 Å². The zero-order valence-electron chi connectivity index (χ0n) is 40.2. The van der Waals surface area contributed by atoms with Crippen molar-refractivity contribution in [2.45, 2.75) is 43.9 Å². The van der Waals surface area contributed by atoms with E-state index >= 15 is 0 Å². The van der Waals surface area contributed by atoms with Crippen molar-refractivity contribution in [3.63, 3.8) is 0 Å². The van der Waals surface area contributed by atoms with E-state index in [1.165, 1.54) is 133 Å². The van der Waals surface area contributed by atoms with Crippen molar-refractivity contribution in [1.82, 2.24) is 9.13 Å². The topological polar surface area (TPSA) is 9.86 Å². The van der Waals surface area contributed by atoms with Crippen molar-refractivity contribution in [2.24, 2.45) is 0 Å². The molecule has 0 saturated carbocycles. The fraction of sp³-hybridized carbons (Fsp3) is 0.101. The maximum atomic E-state index is 2.55. The molecule has 0 bridgehead atoms. The molecule has 12 aromatic rings. The highest BCUT2D eigenvalue weighted by Gasteiger charge is 2.49. The van der Waals surface area contributed by atoms with Crippen molar-refractivity contribution in [2.75, 3.05) is 0 Å². The van der Waals surface area contributed by atoms with E-state index in [4.69, 9.17) is 0 Å². The Kier molecular flexibility index (Phi) is 7.46. The van der Waals surface area contributed by atoms with Crippen LogP contribution in [0.25, 0.3) is 101 Å². The lowest BCUT2D eigenvalue weighted by Gasteiger charge is -2.36. The molecule has 0 N–H and O–H groups in total. The summed E-state index contributed by atoms with van der Waals surface area (Å²) in [6.07, 6.45) is 4.75. The third-order valence-corrected chi connectivity index (χ3v) is 17.5. The number of nitrogens with zero attached hydrogens (tertiary/aromatic N) is 2. The molecular weight excluding hydrogens is 857 g/mol. The summed E-state index contributed by atoms with van der Waals surface area (Å²) in [5, 5.41) is 5.11. The first-order valence-corrected chi connectivity index (χ1v) is 25.3. The first kappa shape index (κ1) is 39.4. The van der Waals surface area contributed by atoms with Crippen LogP contribution in [-0.2, 0) is 16.2 Å². The van der Waals surface area contributed by atoms with Gasteiger partial charge in [-0.1, -0.05) is 185 Å². The molecule has 4 aliphatic carbocycles. The zero-order chi connectivity index (χ0) is 47.1. The SMILES string of the molecule is CC1(C)c2ccccc2-c2cc3c4ccccc4n(-c4ccc5c(c4)C4(c6cc(-n7c8ccccc8c8cc9c(cc87)C(C)(C)c7ccccc7-9)ccc6C=C5)c5ccccc5-c5ccccc54)c3cc21. The van der Waals surface area contributed by atoms with Crippen LogP contribution in [0.15, 0.2) is 206 Å². The second-order valence-electron chi connectivity index (χ2n) is 21.6. The molecule has 2 heteroatoms. The molecule has 16 rings (SSSR count). The molecule has 4 aliphatic rings. The minimum Gasteiger partial charge on any atom is -0.309 e. The summed E-state index contributed by atoms with van der Waals surface area (Å²) in [6.45, 7) is 9.56. The van der Waals surface area contributed by atoms with Gasteiger partial charge >= 0.3 is 0 Å². The largest absolute Gasteiger partial charge is 0.309 e. The van der Waals surface area contributed by atoms with Gasteiger partial charge in [-0.2, -0.15) is 0 Å². The number of fused-ring (bicyclic) bond motifs is 21. The molecule has 0 atom stereocenters. The van der Waals surface area contributed by atoms with E-state index in [1.807, 2.05) is 0 Å². The summed E-state index contributed by atoms with van der Waals surface area (Å²) < 4.78 is 5.10. The number of para-hydroxylation sites is 2. The Bertz CT molecular complexity index is 4130. The molecule has 2 nitrogen and oxygen atoms in total. The third kappa shape index (κ3) is 4.83. The number of rotatable bonds is 2. The van der Waals surface area contributed by atoms with Crippen LogP contribution < -0.4 is 0 Å². The van der Waals surface area contributed by atoms with Gasteiger partial charge < -0.3 is 9.13 Å². The molecule has 71 heavy (non-hydrogen) atoms. The number of hydrogen-bond donors (Lipinski definition) is 0. The fourth-order valence-corrected chi connectivity index (χ4v) is 14.3. The van der Waals surface area contributed by atoms with Crippen molar-refractivity contribution in [1.29, 1.82) is 0 Å². The van der Waals surface area contributed by atoms with Crippen molar-refractivity contribution < 1.29 is 0 Å². The summed E-state index contributed by atoms with van der Waals surface area (Å²) in [4.78, 5) is 0. The minimum atomic E-state index is -0.638. The van der Waals surface area contributed by atoms with Crippen LogP contribution >= 0.6 is 0 Å². The Morgan fingerprint density at radius 1 is 0.268 bits per heavy atom. The Hall–Kier alpha value is -8.46. The lowest BCUT2D eigenvalue weighted by atomic mass is 9.66. The second kappa shape index (κ2) is 13.4. The average molecular weight is 905 g/mol. The van der Waals surface area contributed by atoms with Gasteiger partial charge in [-0.15, -0.1) is 0 Å². The highest BCUT2D eigenvalue weighted by molar-refractivity contribution is 6.13. The lowest BCUT2D eigenvalue weighted by molar-refractivity contribution is 0.661. The Morgan fingerprint density at radius 2 is 0.634 bits per heavy atom. The molecular formula is C69H48N2. The molecule has 0 saturated heterocycles. The maximum Gasteiger partial charge on any atom is 0.0726 e. The van der Waals surface area contributed by atoms with E-state index in [0.717, 1.165) is 11.4 Å². The minimum absolute atomic E-state index is 0.125. The van der Waals surface area contributed by atoms with Crippen LogP contribution in [0, 0.1) is 0 Å². The lowest BCUT2D eigenvalue weighted by Crippen LogP contribution is -2.30. The predicted octanol–water partition coefficient (Wildman–Crippen LogP) is 17.3. The van der Waals surface area contributed by atoms with Crippen LogP contribution in [0.4, 0.5) is 0 Å². The van der Waals surface area contributed by atoms with Crippen LogP contribution in [0.3, 0.4) is 0 Å². The molecule has 10 aromatic carbocycles. The predicted molar refractivity (Wildman–Crippen MR) is 296 cm³/mol. The maximum absolute atomic E-state index is 2.55. The van der Waals surface area contributed by atoms with E-state index in [1.54, 1.807) is 0 Å². The van der Waals surface area contributed by atoms with E-state index in [0.29, 0.717) is 0 Å². The average Bonchev–Trinajstić information content (AvgIpc) is 4.11. The Morgan fingerprint density at radius 3 is 1.07 bits per heavy atom. The number of hydrogen-bond acceptors (Lipinski definition) is 0. The molecule has 1 spiro atoms. The van der Waals surface area contributed by atoms with Gasteiger partial charge in [-0.3, -0.25) is 0 Å². The van der Waals surface area contributed by atoms with Crippen LogP contribution in [0.1, 0.15) is 83.3 Å². The Balaban J connectivity index is 0.981. The summed E-state index contributed by atoms with van der Waals surface area (Å²) >= 11 is 0. The summed E-state index contributed by atoms with van der Waals surface area (Å²) in [7, 11) is 0. The highest BCUT2D eigenvalue weighted by Crippen LogP contribution is 2.60. The van der Waals surface area contributed by atoms with E-state index in [-0.39, 0.29) is 10.8 Å². The third-order valence-electron chi connectivity index (χ3n) is 17.5. The van der Waals surface area contributed by atoms with Crippen LogP contribution in [-0.4, -0.2) is 9.13 Å². The molecule has 0 fully saturated rings. The van der Waals surface area contributed by atoms with Gasteiger partial charge in [0.15, 0.2) is 0 Å². The van der Waals surface area contributed by atoms with E-state index in [9.17, 15) is 0 Å². The smallest absolute Gasteiger partial charge is 0.0726 e. The molecule has 0 amide bonds. The zero-order valence-corrected chi connectivity index (χ0v) is 40.2. The summed E-state index contributed by atoms with van der Waals surface area (Å²) in [5.74, 6) is 0. The quantitative estimate of drug-likeness (QED) is 0.164.